The first-order chi connectivity index (χ1) is 15.5. The fraction of sp³-hybridized carbons (Fsp3) is 0.333. The fourth-order valence-corrected chi connectivity index (χ4v) is 3.55. The van der Waals surface area contributed by atoms with E-state index in [1.165, 1.54) is 18.3 Å². The van der Waals surface area contributed by atoms with Crippen molar-refractivity contribution >= 4 is 17.5 Å². The molecule has 2 aromatic heterocycles. The summed E-state index contributed by atoms with van der Waals surface area (Å²) in [6, 6.07) is 7.94. The van der Waals surface area contributed by atoms with Gasteiger partial charge in [-0.15, -0.1) is 0 Å². The van der Waals surface area contributed by atoms with Crippen molar-refractivity contribution in [3.05, 3.63) is 71.6 Å². The Morgan fingerprint density at radius 2 is 1.88 bits per heavy atom. The van der Waals surface area contributed by atoms with Gasteiger partial charge in [0.1, 0.15) is 23.4 Å². The van der Waals surface area contributed by atoms with Crippen LogP contribution >= 0.6 is 0 Å². The molecule has 1 fully saturated rings. The molecule has 0 bridgehead atoms. The second kappa shape index (κ2) is 9.72. The minimum absolute atomic E-state index is 0.0595. The number of ether oxygens (including phenoxy) is 1. The molecule has 0 unspecified atom stereocenters. The highest BCUT2D eigenvalue weighted by molar-refractivity contribution is 6.02. The number of halogens is 1. The van der Waals surface area contributed by atoms with Crippen LogP contribution in [0.1, 0.15) is 41.4 Å². The van der Waals surface area contributed by atoms with Crippen LogP contribution < -0.4 is 15.0 Å². The lowest BCUT2D eigenvalue weighted by Crippen LogP contribution is -2.39. The maximum atomic E-state index is 14.0. The molecule has 0 saturated carbocycles. The third kappa shape index (κ3) is 5.19. The second-order valence-corrected chi connectivity index (χ2v) is 7.87. The van der Waals surface area contributed by atoms with Gasteiger partial charge in [0.15, 0.2) is 0 Å². The molecule has 1 aliphatic heterocycles. The topological polar surface area (TPSA) is 80.2 Å². The Kier molecular flexibility index (Phi) is 6.58. The summed E-state index contributed by atoms with van der Waals surface area (Å²) >= 11 is 0. The monoisotopic (exact) mass is 435 g/mol. The number of carbonyl (C=O) groups excluding carboxylic acids is 1. The molecule has 4 rings (SSSR count). The summed E-state index contributed by atoms with van der Waals surface area (Å²) in [6.07, 6.45) is 7.95. The molecule has 7 nitrogen and oxygen atoms in total. The number of nitrogens with zero attached hydrogens (tertiary/aromatic N) is 4. The maximum absolute atomic E-state index is 14.0. The molecule has 1 saturated heterocycles. The van der Waals surface area contributed by atoms with E-state index in [0.29, 0.717) is 5.75 Å². The Balaban J connectivity index is 1.29. The van der Waals surface area contributed by atoms with Gasteiger partial charge in [-0.2, -0.15) is 0 Å². The van der Waals surface area contributed by atoms with E-state index in [0.717, 1.165) is 49.4 Å². The summed E-state index contributed by atoms with van der Waals surface area (Å²) in [5, 5.41) is 2.55. The number of hydrogen-bond donors (Lipinski definition) is 1. The number of rotatable bonds is 6. The number of nitrogens with one attached hydrogen (secondary N) is 1. The van der Waals surface area contributed by atoms with E-state index in [-0.39, 0.29) is 17.5 Å². The van der Waals surface area contributed by atoms with Crippen molar-refractivity contribution in [1.29, 1.82) is 0 Å². The van der Waals surface area contributed by atoms with Gasteiger partial charge in [0.05, 0.1) is 11.9 Å². The Bertz CT molecular complexity index is 1060. The van der Waals surface area contributed by atoms with E-state index >= 15 is 0 Å². The first kappa shape index (κ1) is 21.7. The van der Waals surface area contributed by atoms with Crippen LogP contribution in [0, 0.1) is 12.7 Å². The van der Waals surface area contributed by atoms with Crippen molar-refractivity contribution in [3.63, 3.8) is 0 Å². The minimum Gasteiger partial charge on any atom is -0.489 e. The van der Waals surface area contributed by atoms with Crippen LogP contribution in [-0.4, -0.2) is 40.1 Å². The van der Waals surface area contributed by atoms with Gasteiger partial charge in [0, 0.05) is 38.3 Å². The predicted octanol–water partition coefficient (Wildman–Crippen LogP) is 4.18. The Hall–Kier alpha value is -3.55. The number of aryl methyl sites for hydroxylation is 2. The summed E-state index contributed by atoms with van der Waals surface area (Å²) in [4.78, 5) is 27.6. The van der Waals surface area contributed by atoms with Gasteiger partial charge in [-0.1, -0.05) is 13.0 Å². The second-order valence-electron chi connectivity index (χ2n) is 7.87. The molecule has 1 aliphatic rings. The summed E-state index contributed by atoms with van der Waals surface area (Å²) < 4.78 is 20.0. The van der Waals surface area contributed by atoms with Crippen molar-refractivity contribution in [2.24, 2.45) is 0 Å². The quantitative estimate of drug-likeness (QED) is 0.626. The highest BCUT2D eigenvalue weighted by Crippen LogP contribution is 2.21. The largest absolute Gasteiger partial charge is 0.489 e. The number of amides is 1. The fourth-order valence-electron chi connectivity index (χ4n) is 3.55. The Morgan fingerprint density at radius 3 is 2.50 bits per heavy atom. The van der Waals surface area contributed by atoms with Crippen molar-refractivity contribution in [1.82, 2.24) is 15.0 Å². The van der Waals surface area contributed by atoms with Crippen molar-refractivity contribution < 1.29 is 13.9 Å². The van der Waals surface area contributed by atoms with E-state index in [4.69, 9.17) is 4.74 Å². The van der Waals surface area contributed by atoms with Gasteiger partial charge in [0.2, 0.25) is 5.95 Å². The number of carbonyl (C=O) groups is 1. The highest BCUT2D eigenvalue weighted by Gasteiger charge is 2.22. The summed E-state index contributed by atoms with van der Waals surface area (Å²) in [7, 11) is 0. The van der Waals surface area contributed by atoms with Gasteiger partial charge < -0.3 is 15.0 Å². The third-order valence-electron chi connectivity index (χ3n) is 5.47. The maximum Gasteiger partial charge on any atom is 0.274 e. The van der Waals surface area contributed by atoms with E-state index in [2.05, 4.69) is 32.1 Å². The lowest BCUT2D eigenvalue weighted by molar-refractivity contribution is 0.102. The van der Waals surface area contributed by atoms with Gasteiger partial charge in [0.25, 0.3) is 5.91 Å². The number of piperidine rings is 1. The first-order valence-corrected chi connectivity index (χ1v) is 10.8. The standard InChI is InChI=1S/C24H26FN5O2/c1-3-17-13-27-24(28-14-17)30-10-8-18(9-11-30)32-19-5-7-22(26-15-19)23(31)29-21-6-4-16(2)12-20(21)25/h4-7,12-15,18H,3,8-11H2,1-2H3,(H,29,31). The lowest BCUT2D eigenvalue weighted by atomic mass is 10.1. The molecule has 1 aromatic carbocycles. The van der Waals surface area contributed by atoms with E-state index in [1.54, 1.807) is 25.1 Å². The van der Waals surface area contributed by atoms with Gasteiger partial charge in [-0.25, -0.2) is 19.3 Å². The minimum atomic E-state index is -0.476. The molecular weight excluding hydrogens is 409 g/mol. The summed E-state index contributed by atoms with van der Waals surface area (Å²) in [5.41, 5.74) is 2.23. The molecule has 0 radical (unpaired) electrons. The van der Waals surface area contributed by atoms with E-state index in [9.17, 15) is 9.18 Å². The zero-order valence-electron chi connectivity index (χ0n) is 18.2. The number of hydrogen-bond acceptors (Lipinski definition) is 6. The molecule has 1 N–H and O–H groups in total. The molecule has 0 atom stereocenters. The van der Waals surface area contributed by atoms with E-state index in [1.807, 2.05) is 12.4 Å². The number of anilines is 2. The third-order valence-corrected chi connectivity index (χ3v) is 5.47. The normalized spacial score (nSPS) is 14.3. The molecule has 0 spiro atoms. The van der Waals surface area contributed by atoms with Crippen molar-refractivity contribution in [3.8, 4) is 5.75 Å². The zero-order valence-corrected chi connectivity index (χ0v) is 18.2. The van der Waals surface area contributed by atoms with Crippen LogP contribution in [0.2, 0.25) is 0 Å². The molecular formula is C24H26FN5O2. The zero-order chi connectivity index (χ0) is 22.5. The Morgan fingerprint density at radius 1 is 1.12 bits per heavy atom. The molecule has 0 aliphatic carbocycles. The van der Waals surface area contributed by atoms with Crippen LogP contribution in [0.15, 0.2) is 48.9 Å². The molecule has 3 heterocycles. The summed E-state index contributed by atoms with van der Waals surface area (Å²) in [5.74, 6) is 0.408. The first-order valence-electron chi connectivity index (χ1n) is 10.8. The predicted molar refractivity (Wildman–Crippen MR) is 121 cm³/mol. The van der Waals surface area contributed by atoms with Crippen LogP contribution in [0.4, 0.5) is 16.0 Å². The van der Waals surface area contributed by atoms with E-state index < -0.39 is 11.7 Å². The number of pyridine rings is 1. The van der Waals surface area contributed by atoms with Crippen LogP contribution in [0.25, 0.3) is 0 Å². The highest BCUT2D eigenvalue weighted by atomic mass is 19.1. The van der Waals surface area contributed by atoms with Gasteiger partial charge in [-0.3, -0.25) is 4.79 Å². The van der Waals surface area contributed by atoms with Gasteiger partial charge >= 0.3 is 0 Å². The average Bonchev–Trinajstić information content (AvgIpc) is 2.82. The average molecular weight is 436 g/mol. The number of benzene rings is 1. The van der Waals surface area contributed by atoms with Crippen molar-refractivity contribution in [2.45, 2.75) is 39.2 Å². The SMILES string of the molecule is CCc1cnc(N2CCC(Oc3ccc(C(=O)Nc4ccc(C)cc4F)nc3)CC2)nc1. The lowest BCUT2D eigenvalue weighted by Gasteiger charge is -2.32. The van der Waals surface area contributed by atoms with Crippen LogP contribution in [-0.2, 0) is 6.42 Å². The molecule has 3 aromatic rings. The van der Waals surface area contributed by atoms with Gasteiger partial charge in [-0.05, 0) is 48.7 Å². The smallest absolute Gasteiger partial charge is 0.274 e. The molecule has 1 amide bonds. The van der Waals surface area contributed by atoms with Crippen LogP contribution in [0.3, 0.4) is 0 Å². The summed E-state index contributed by atoms with van der Waals surface area (Å²) in [6.45, 7) is 5.49. The Labute approximate surface area is 186 Å². The van der Waals surface area contributed by atoms with Crippen molar-refractivity contribution in [2.75, 3.05) is 23.3 Å². The number of aromatic nitrogens is 3. The molecule has 32 heavy (non-hydrogen) atoms. The molecule has 166 valence electrons. The molecule has 8 heteroatoms. The van der Waals surface area contributed by atoms with Crippen LogP contribution in [0.5, 0.6) is 5.75 Å².